The summed E-state index contributed by atoms with van der Waals surface area (Å²) in [5, 5.41) is 16.1. The molecule has 4 aromatic rings. The molecular weight excluding hydrogens is 410 g/mol. The SMILES string of the molecule is COc1cccc(OC)c1-c1c(CC(N)=O)c(C(=O)O)nn1-c1cccc2ccccc12. The Balaban J connectivity index is 2.18. The maximum Gasteiger partial charge on any atom is 0.356 e. The van der Waals surface area contributed by atoms with Crippen LogP contribution in [0, 0.1) is 0 Å². The Morgan fingerprint density at radius 1 is 0.969 bits per heavy atom. The van der Waals surface area contributed by atoms with Crippen molar-refractivity contribution in [1.29, 1.82) is 0 Å². The highest BCUT2D eigenvalue weighted by Crippen LogP contribution is 2.42. The first kappa shape index (κ1) is 20.9. The molecule has 8 heteroatoms. The molecule has 0 spiro atoms. The van der Waals surface area contributed by atoms with E-state index in [0.29, 0.717) is 28.4 Å². The number of ether oxygens (including phenoxy) is 2. The second-order valence-electron chi connectivity index (χ2n) is 7.07. The number of fused-ring (bicyclic) bond motifs is 1. The molecule has 4 rings (SSSR count). The van der Waals surface area contributed by atoms with Gasteiger partial charge in [0.1, 0.15) is 11.5 Å². The lowest BCUT2D eigenvalue weighted by molar-refractivity contribution is -0.117. The number of aromatic nitrogens is 2. The van der Waals surface area contributed by atoms with Crippen molar-refractivity contribution in [3.63, 3.8) is 0 Å². The number of aromatic carboxylic acids is 1. The fraction of sp³-hybridized carbons (Fsp3) is 0.125. The lowest BCUT2D eigenvalue weighted by atomic mass is 10.00. The van der Waals surface area contributed by atoms with Crippen LogP contribution in [0.5, 0.6) is 11.5 Å². The van der Waals surface area contributed by atoms with E-state index < -0.39 is 11.9 Å². The van der Waals surface area contributed by atoms with Gasteiger partial charge in [0.2, 0.25) is 5.91 Å². The van der Waals surface area contributed by atoms with Gasteiger partial charge in [-0.25, -0.2) is 9.48 Å². The van der Waals surface area contributed by atoms with Gasteiger partial charge in [0, 0.05) is 10.9 Å². The molecule has 0 bridgehead atoms. The maximum absolute atomic E-state index is 12.1. The van der Waals surface area contributed by atoms with Crippen molar-refractivity contribution in [1.82, 2.24) is 9.78 Å². The summed E-state index contributed by atoms with van der Waals surface area (Å²) in [6.45, 7) is 0. The number of hydrogen-bond acceptors (Lipinski definition) is 5. The van der Waals surface area contributed by atoms with Crippen molar-refractivity contribution in [3.05, 3.63) is 71.9 Å². The molecule has 3 N–H and O–H groups in total. The molecule has 0 aliphatic heterocycles. The average molecular weight is 431 g/mol. The van der Waals surface area contributed by atoms with Crippen LogP contribution in [0.4, 0.5) is 0 Å². The molecule has 0 aliphatic rings. The standard InChI is InChI=1S/C24H21N3O5/c1-31-18-11-6-12-19(32-2)21(18)23-16(13-20(25)28)22(24(29)30)26-27(23)17-10-5-8-14-7-3-4-9-15(14)17/h3-12H,13H2,1-2H3,(H2,25,28)(H,29,30). The normalized spacial score (nSPS) is 10.8. The van der Waals surface area contributed by atoms with Crippen molar-refractivity contribution in [3.8, 4) is 28.4 Å². The molecule has 0 aliphatic carbocycles. The number of methoxy groups -OCH3 is 2. The molecule has 0 radical (unpaired) electrons. The van der Waals surface area contributed by atoms with E-state index in [1.54, 1.807) is 18.2 Å². The van der Waals surface area contributed by atoms with E-state index in [1.165, 1.54) is 18.9 Å². The molecule has 0 fully saturated rings. The van der Waals surface area contributed by atoms with Crippen LogP contribution in [0.3, 0.4) is 0 Å². The van der Waals surface area contributed by atoms with Gasteiger partial charge in [-0.15, -0.1) is 0 Å². The lowest BCUT2D eigenvalue weighted by Crippen LogP contribution is -2.16. The van der Waals surface area contributed by atoms with Gasteiger partial charge >= 0.3 is 5.97 Å². The third-order valence-corrected chi connectivity index (χ3v) is 5.20. The zero-order valence-electron chi connectivity index (χ0n) is 17.5. The number of carbonyl (C=O) groups is 2. The van der Waals surface area contributed by atoms with Gasteiger partial charge < -0.3 is 20.3 Å². The first-order valence-corrected chi connectivity index (χ1v) is 9.79. The molecular formula is C24H21N3O5. The summed E-state index contributed by atoms with van der Waals surface area (Å²) < 4.78 is 12.6. The van der Waals surface area contributed by atoms with Crippen molar-refractivity contribution in [2.24, 2.45) is 5.73 Å². The highest BCUT2D eigenvalue weighted by molar-refractivity contribution is 5.96. The van der Waals surface area contributed by atoms with Crippen LogP contribution in [-0.4, -0.2) is 41.0 Å². The Labute approximate surface area is 183 Å². The van der Waals surface area contributed by atoms with Gasteiger partial charge in [-0.1, -0.05) is 42.5 Å². The number of hydrogen-bond donors (Lipinski definition) is 2. The summed E-state index contributed by atoms with van der Waals surface area (Å²) in [7, 11) is 3.01. The fourth-order valence-electron chi connectivity index (χ4n) is 3.87. The number of rotatable bonds is 7. The zero-order chi connectivity index (χ0) is 22.8. The molecule has 1 aromatic heterocycles. The van der Waals surface area contributed by atoms with Gasteiger partial charge in [-0.2, -0.15) is 5.10 Å². The van der Waals surface area contributed by atoms with Gasteiger partial charge in [0.15, 0.2) is 5.69 Å². The maximum atomic E-state index is 12.1. The number of benzene rings is 3. The number of carbonyl (C=O) groups excluding carboxylic acids is 1. The Kier molecular flexibility index (Phi) is 5.51. The van der Waals surface area contributed by atoms with Crippen molar-refractivity contribution in [2.45, 2.75) is 6.42 Å². The predicted molar refractivity (Wildman–Crippen MR) is 119 cm³/mol. The van der Waals surface area contributed by atoms with Gasteiger partial charge in [0.05, 0.1) is 37.6 Å². The smallest absolute Gasteiger partial charge is 0.356 e. The van der Waals surface area contributed by atoms with Crippen LogP contribution in [0.25, 0.3) is 27.7 Å². The average Bonchev–Trinajstić information content (AvgIpc) is 3.16. The van der Waals surface area contributed by atoms with E-state index in [0.717, 1.165) is 10.8 Å². The van der Waals surface area contributed by atoms with Crippen molar-refractivity contribution >= 4 is 22.6 Å². The summed E-state index contributed by atoms with van der Waals surface area (Å²) in [4.78, 5) is 24.0. The van der Waals surface area contributed by atoms with E-state index in [9.17, 15) is 14.7 Å². The van der Waals surface area contributed by atoms with E-state index in [4.69, 9.17) is 15.2 Å². The number of nitrogens with two attached hydrogens (primary N) is 1. The quantitative estimate of drug-likeness (QED) is 0.463. The molecule has 0 saturated carbocycles. The Bertz CT molecular complexity index is 1320. The monoisotopic (exact) mass is 431 g/mol. The topological polar surface area (TPSA) is 117 Å². The number of carboxylic acid groups (broad SMARTS) is 1. The molecule has 1 amide bonds. The van der Waals surface area contributed by atoms with Crippen molar-refractivity contribution < 1.29 is 24.2 Å². The van der Waals surface area contributed by atoms with E-state index in [2.05, 4.69) is 5.10 Å². The highest BCUT2D eigenvalue weighted by Gasteiger charge is 2.29. The minimum atomic E-state index is -1.27. The summed E-state index contributed by atoms with van der Waals surface area (Å²) in [6.07, 6.45) is -0.317. The van der Waals surface area contributed by atoms with Gasteiger partial charge in [-0.3, -0.25) is 4.79 Å². The Morgan fingerprint density at radius 2 is 1.59 bits per heavy atom. The predicted octanol–water partition coefficient (Wildman–Crippen LogP) is 3.44. The van der Waals surface area contributed by atoms with E-state index in [-0.39, 0.29) is 17.7 Å². The molecule has 162 valence electrons. The second-order valence-corrected chi connectivity index (χ2v) is 7.07. The molecule has 0 saturated heterocycles. The van der Waals surface area contributed by atoms with Crippen LogP contribution in [0.1, 0.15) is 16.1 Å². The third-order valence-electron chi connectivity index (χ3n) is 5.20. The minimum absolute atomic E-state index is 0.181. The molecule has 0 atom stereocenters. The summed E-state index contributed by atoms with van der Waals surface area (Å²) in [5.74, 6) is -1.07. The van der Waals surface area contributed by atoms with Crippen LogP contribution in [0.2, 0.25) is 0 Å². The highest BCUT2D eigenvalue weighted by atomic mass is 16.5. The van der Waals surface area contributed by atoms with Gasteiger partial charge in [-0.05, 0) is 23.6 Å². The Morgan fingerprint density at radius 3 is 2.22 bits per heavy atom. The number of amides is 1. The van der Waals surface area contributed by atoms with E-state index in [1.807, 2.05) is 42.5 Å². The van der Waals surface area contributed by atoms with Crippen LogP contribution >= 0.6 is 0 Å². The fourth-order valence-corrected chi connectivity index (χ4v) is 3.87. The third kappa shape index (κ3) is 3.51. The molecule has 3 aromatic carbocycles. The van der Waals surface area contributed by atoms with E-state index >= 15 is 0 Å². The number of nitrogens with zero attached hydrogens (tertiary/aromatic N) is 2. The van der Waals surface area contributed by atoms with Crippen LogP contribution < -0.4 is 15.2 Å². The minimum Gasteiger partial charge on any atom is -0.496 e. The Hall–Kier alpha value is -4.33. The summed E-state index contributed by atoms with van der Waals surface area (Å²) >= 11 is 0. The largest absolute Gasteiger partial charge is 0.496 e. The summed E-state index contributed by atoms with van der Waals surface area (Å²) in [6, 6.07) is 18.5. The van der Waals surface area contributed by atoms with Crippen molar-refractivity contribution in [2.75, 3.05) is 14.2 Å². The first-order chi connectivity index (χ1) is 15.5. The number of primary amides is 1. The zero-order valence-corrected chi connectivity index (χ0v) is 17.5. The molecule has 0 unspecified atom stereocenters. The summed E-state index contributed by atoms with van der Waals surface area (Å²) in [5.41, 5.74) is 6.89. The molecule has 8 nitrogen and oxygen atoms in total. The molecule has 1 heterocycles. The molecule has 32 heavy (non-hydrogen) atoms. The second kappa shape index (κ2) is 8.43. The van der Waals surface area contributed by atoms with Crippen LogP contribution in [-0.2, 0) is 11.2 Å². The number of carboxylic acids is 1. The lowest BCUT2D eigenvalue weighted by Gasteiger charge is -2.17. The van der Waals surface area contributed by atoms with Crippen LogP contribution in [0.15, 0.2) is 60.7 Å². The first-order valence-electron chi connectivity index (χ1n) is 9.79. The van der Waals surface area contributed by atoms with Gasteiger partial charge in [0.25, 0.3) is 0 Å².